The summed E-state index contributed by atoms with van der Waals surface area (Å²) < 4.78 is 4.46. The van der Waals surface area contributed by atoms with Gasteiger partial charge in [0.2, 0.25) is 0 Å². The lowest BCUT2D eigenvalue weighted by atomic mass is 10.2. The van der Waals surface area contributed by atoms with Crippen molar-refractivity contribution < 1.29 is 14.7 Å². The molecule has 14 heavy (non-hydrogen) atoms. The van der Waals surface area contributed by atoms with Crippen molar-refractivity contribution in [2.45, 2.75) is 0 Å². The Morgan fingerprint density at radius 3 is 3.00 bits per heavy atom. The van der Waals surface area contributed by atoms with E-state index in [1.807, 2.05) is 0 Å². The second kappa shape index (κ2) is 4.22. The van der Waals surface area contributed by atoms with E-state index in [4.69, 9.17) is 10.9 Å². The van der Waals surface area contributed by atoms with Gasteiger partial charge in [-0.15, -0.1) is 0 Å². The molecule has 0 unspecified atom stereocenters. The van der Waals surface area contributed by atoms with Crippen molar-refractivity contribution in [3.05, 3.63) is 29.6 Å². The number of esters is 1. The minimum atomic E-state index is -0.572. The molecule has 74 valence electrons. The fourth-order valence-electron chi connectivity index (χ4n) is 0.864. The molecule has 0 amide bonds. The van der Waals surface area contributed by atoms with Gasteiger partial charge >= 0.3 is 5.97 Å². The first-order valence-electron chi connectivity index (χ1n) is 3.71. The van der Waals surface area contributed by atoms with E-state index in [9.17, 15) is 4.79 Å². The van der Waals surface area contributed by atoms with Gasteiger partial charge in [-0.2, -0.15) is 0 Å². The van der Waals surface area contributed by atoms with Gasteiger partial charge in [-0.05, 0) is 12.1 Å². The van der Waals surface area contributed by atoms with Crippen molar-refractivity contribution in [1.82, 2.24) is 4.98 Å². The summed E-state index contributed by atoms with van der Waals surface area (Å²) in [5.41, 5.74) is 5.84. The highest BCUT2D eigenvalue weighted by molar-refractivity contribution is 5.99. The van der Waals surface area contributed by atoms with Crippen LogP contribution in [0.3, 0.4) is 0 Å². The van der Waals surface area contributed by atoms with Crippen LogP contribution in [0.2, 0.25) is 0 Å². The normalized spacial score (nSPS) is 11.1. The van der Waals surface area contributed by atoms with Crippen LogP contribution in [0, 0.1) is 0 Å². The lowest BCUT2D eigenvalue weighted by molar-refractivity contribution is 0.0594. The SMILES string of the molecule is COC(=O)c1cc(C(N)=NO)ccn1. The van der Waals surface area contributed by atoms with E-state index in [1.54, 1.807) is 0 Å². The van der Waals surface area contributed by atoms with Gasteiger partial charge in [0.25, 0.3) is 0 Å². The Morgan fingerprint density at radius 1 is 1.71 bits per heavy atom. The summed E-state index contributed by atoms with van der Waals surface area (Å²) in [6.07, 6.45) is 1.37. The van der Waals surface area contributed by atoms with Gasteiger partial charge < -0.3 is 15.7 Å². The molecule has 0 aromatic carbocycles. The molecule has 1 heterocycles. The van der Waals surface area contributed by atoms with E-state index in [0.29, 0.717) is 5.56 Å². The molecule has 1 aromatic heterocycles. The van der Waals surface area contributed by atoms with Gasteiger partial charge in [0.05, 0.1) is 7.11 Å². The zero-order chi connectivity index (χ0) is 10.6. The van der Waals surface area contributed by atoms with E-state index in [1.165, 1.54) is 25.4 Å². The third-order valence-corrected chi connectivity index (χ3v) is 1.56. The van der Waals surface area contributed by atoms with Crippen LogP contribution in [0.5, 0.6) is 0 Å². The molecule has 0 fully saturated rings. The summed E-state index contributed by atoms with van der Waals surface area (Å²) in [6.45, 7) is 0. The van der Waals surface area contributed by atoms with Crippen LogP contribution in [0.25, 0.3) is 0 Å². The summed E-state index contributed by atoms with van der Waals surface area (Å²) in [7, 11) is 1.25. The maximum Gasteiger partial charge on any atom is 0.356 e. The minimum absolute atomic E-state index is 0.0856. The van der Waals surface area contributed by atoms with Crippen LogP contribution < -0.4 is 5.73 Å². The molecule has 1 rings (SSSR count). The van der Waals surface area contributed by atoms with E-state index < -0.39 is 5.97 Å². The van der Waals surface area contributed by atoms with E-state index in [-0.39, 0.29) is 11.5 Å². The molecule has 0 aliphatic carbocycles. The van der Waals surface area contributed by atoms with Crippen LogP contribution in [-0.2, 0) is 4.74 Å². The molecule has 6 heteroatoms. The molecule has 6 nitrogen and oxygen atoms in total. The summed E-state index contributed by atoms with van der Waals surface area (Å²) in [6, 6.07) is 2.89. The van der Waals surface area contributed by atoms with Gasteiger partial charge in [-0.3, -0.25) is 0 Å². The summed E-state index contributed by atoms with van der Waals surface area (Å²) in [4.78, 5) is 14.8. The standard InChI is InChI=1S/C8H9N3O3/c1-14-8(12)6-4-5(2-3-10-6)7(9)11-13/h2-4,13H,1H3,(H2,9,11). The first-order valence-corrected chi connectivity index (χ1v) is 3.71. The molecule has 0 saturated heterocycles. The highest BCUT2D eigenvalue weighted by atomic mass is 16.5. The molecule has 1 aromatic rings. The fraction of sp³-hybridized carbons (Fsp3) is 0.125. The Hall–Kier alpha value is -2.11. The number of aromatic nitrogens is 1. The first kappa shape index (κ1) is 9.97. The van der Waals surface area contributed by atoms with Crippen molar-refractivity contribution in [1.29, 1.82) is 0 Å². The molecule has 0 atom stereocenters. The smallest absolute Gasteiger partial charge is 0.356 e. The van der Waals surface area contributed by atoms with Crippen molar-refractivity contribution in [3.8, 4) is 0 Å². The number of hydrogen-bond acceptors (Lipinski definition) is 5. The van der Waals surface area contributed by atoms with Gasteiger partial charge in [0.15, 0.2) is 5.84 Å². The third kappa shape index (κ3) is 1.98. The molecule has 0 spiro atoms. The maximum absolute atomic E-state index is 11.0. The fourth-order valence-corrected chi connectivity index (χ4v) is 0.864. The Morgan fingerprint density at radius 2 is 2.43 bits per heavy atom. The number of carbonyl (C=O) groups excluding carboxylic acids is 1. The van der Waals surface area contributed by atoms with Crippen LogP contribution in [-0.4, -0.2) is 29.1 Å². The Balaban J connectivity index is 3.07. The lowest BCUT2D eigenvalue weighted by Crippen LogP contribution is -2.14. The first-order chi connectivity index (χ1) is 6.69. The highest BCUT2D eigenvalue weighted by Crippen LogP contribution is 2.02. The zero-order valence-corrected chi connectivity index (χ0v) is 7.47. The molecule has 0 saturated carbocycles. The van der Waals surface area contributed by atoms with Crippen molar-refractivity contribution in [2.24, 2.45) is 10.9 Å². The average Bonchev–Trinajstić information content (AvgIpc) is 2.27. The van der Waals surface area contributed by atoms with Crippen LogP contribution in [0.1, 0.15) is 16.1 Å². The predicted molar refractivity (Wildman–Crippen MR) is 48.1 cm³/mol. The third-order valence-electron chi connectivity index (χ3n) is 1.56. The van der Waals surface area contributed by atoms with E-state index in [0.717, 1.165) is 0 Å². The predicted octanol–water partition coefficient (Wildman–Crippen LogP) is -0.0373. The van der Waals surface area contributed by atoms with Crippen LogP contribution in [0.15, 0.2) is 23.5 Å². The summed E-state index contributed by atoms with van der Waals surface area (Å²) in [5, 5.41) is 11.2. The average molecular weight is 195 g/mol. The lowest BCUT2D eigenvalue weighted by Gasteiger charge is -2.00. The summed E-state index contributed by atoms with van der Waals surface area (Å²) in [5.74, 6) is -0.657. The zero-order valence-electron chi connectivity index (χ0n) is 7.47. The Labute approximate surface area is 80.0 Å². The number of hydrogen-bond donors (Lipinski definition) is 2. The van der Waals surface area contributed by atoms with Crippen molar-refractivity contribution in [3.63, 3.8) is 0 Å². The maximum atomic E-state index is 11.0. The van der Waals surface area contributed by atoms with Crippen LogP contribution in [0.4, 0.5) is 0 Å². The van der Waals surface area contributed by atoms with Crippen molar-refractivity contribution >= 4 is 11.8 Å². The number of nitrogens with zero attached hydrogens (tertiary/aromatic N) is 2. The number of amidine groups is 1. The van der Waals surface area contributed by atoms with Gasteiger partial charge in [-0.25, -0.2) is 9.78 Å². The van der Waals surface area contributed by atoms with Crippen LogP contribution >= 0.6 is 0 Å². The molecule has 0 aliphatic heterocycles. The van der Waals surface area contributed by atoms with Gasteiger partial charge in [0.1, 0.15) is 5.69 Å². The minimum Gasteiger partial charge on any atom is -0.464 e. The highest BCUT2D eigenvalue weighted by Gasteiger charge is 2.08. The monoisotopic (exact) mass is 195 g/mol. The van der Waals surface area contributed by atoms with Crippen molar-refractivity contribution in [2.75, 3.05) is 7.11 Å². The second-order valence-corrected chi connectivity index (χ2v) is 2.41. The number of nitrogens with two attached hydrogens (primary N) is 1. The molecular formula is C8H9N3O3. The number of oxime groups is 1. The number of ether oxygens (including phenoxy) is 1. The Bertz CT molecular complexity index is 376. The Kier molecular flexibility index (Phi) is 3.01. The number of carbonyl (C=O) groups is 1. The molecule has 0 bridgehead atoms. The number of pyridine rings is 1. The molecule has 0 radical (unpaired) electrons. The number of rotatable bonds is 2. The van der Waals surface area contributed by atoms with E-state index >= 15 is 0 Å². The molecule has 0 aliphatic rings. The summed E-state index contributed by atoms with van der Waals surface area (Å²) >= 11 is 0. The van der Waals surface area contributed by atoms with Gasteiger partial charge in [0, 0.05) is 11.8 Å². The quantitative estimate of drug-likeness (QED) is 0.227. The van der Waals surface area contributed by atoms with E-state index in [2.05, 4.69) is 14.9 Å². The second-order valence-electron chi connectivity index (χ2n) is 2.41. The number of methoxy groups -OCH3 is 1. The topological polar surface area (TPSA) is 97.8 Å². The largest absolute Gasteiger partial charge is 0.464 e. The molecule has 3 N–H and O–H groups in total. The van der Waals surface area contributed by atoms with Gasteiger partial charge in [-0.1, -0.05) is 5.16 Å². The molecular weight excluding hydrogens is 186 g/mol.